The average Bonchev–Trinajstić information content (AvgIpc) is 2.81. The van der Waals surface area contributed by atoms with Crippen molar-refractivity contribution in [3.63, 3.8) is 0 Å². The molecule has 1 aromatic rings. The molecule has 0 atom stereocenters. The summed E-state index contributed by atoms with van der Waals surface area (Å²) < 4.78 is 43.9. The van der Waals surface area contributed by atoms with Crippen LogP contribution >= 0.6 is 0 Å². The third-order valence-corrected chi connectivity index (χ3v) is 6.85. The zero-order chi connectivity index (χ0) is 23.1. The van der Waals surface area contributed by atoms with Crippen molar-refractivity contribution in [3.8, 4) is 0 Å². The number of piperazine rings is 1. The van der Waals surface area contributed by atoms with Crippen LogP contribution in [0, 0.1) is 17.2 Å². The molecule has 5 nitrogen and oxygen atoms in total. The Bertz CT molecular complexity index is 768. The van der Waals surface area contributed by atoms with Crippen molar-refractivity contribution >= 4 is 17.2 Å². The Kier molecular flexibility index (Phi) is 8.71. The largest absolute Gasteiger partial charge is 0.416 e. The van der Waals surface area contributed by atoms with E-state index in [1.807, 2.05) is 4.90 Å². The van der Waals surface area contributed by atoms with E-state index in [1.54, 1.807) is 13.2 Å². The zero-order valence-corrected chi connectivity index (χ0v) is 18.8. The minimum Gasteiger partial charge on any atom is -0.384 e. The van der Waals surface area contributed by atoms with Gasteiger partial charge in [0.25, 0.3) is 0 Å². The highest BCUT2D eigenvalue weighted by molar-refractivity contribution is 6.39. The number of hydrogen-bond acceptors (Lipinski definition) is 5. The number of Topliss-reactive ketones (excluding diaryl/α,β-unsaturated/α-hetero) is 1. The maximum absolute atomic E-state index is 13.0. The molecule has 178 valence electrons. The summed E-state index contributed by atoms with van der Waals surface area (Å²) in [5, 5.41) is 8.15. The number of carbonyl (C=O) groups is 1. The Labute approximate surface area is 188 Å². The standard InChI is InChI=1S/C24H34F3N3O2/c1-32-16-10-22(31)23(28)19-7-5-18(6-8-19)9-11-29-12-14-30(15-13-29)21-4-2-3-20(17-21)24(25,26)27/h2-4,17-19,28H,5-16H2,1H3. The smallest absolute Gasteiger partial charge is 0.384 e. The molecule has 1 heterocycles. The molecule has 0 bridgehead atoms. The first kappa shape index (κ1) is 24.7. The van der Waals surface area contributed by atoms with Crippen molar-refractivity contribution in [2.24, 2.45) is 11.8 Å². The number of benzene rings is 1. The van der Waals surface area contributed by atoms with Gasteiger partial charge in [-0.05, 0) is 62.8 Å². The van der Waals surface area contributed by atoms with E-state index >= 15 is 0 Å². The van der Waals surface area contributed by atoms with Crippen LogP contribution in [-0.2, 0) is 15.7 Å². The van der Waals surface area contributed by atoms with E-state index in [-0.39, 0.29) is 17.4 Å². The quantitative estimate of drug-likeness (QED) is 0.553. The van der Waals surface area contributed by atoms with E-state index in [4.69, 9.17) is 10.1 Å². The number of rotatable bonds is 9. The van der Waals surface area contributed by atoms with Crippen molar-refractivity contribution in [1.29, 1.82) is 5.41 Å². The van der Waals surface area contributed by atoms with Crippen LogP contribution in [0.25, 0.3) is 0 Å². The minimum atomic E-state index is -4.31. The minimum absolute atomic E-state index is 0.0889. The van der Waals surface area contributed by atoms with Crippen molar-refractivity contribution in [1.82, 2.24) is 4.90 Å². The molecular formula is C24H34F3N3O2. The van der Waals surface area contributed by atoms with Crippen LogP contribution in [0.15, 0.2) is 24.3 Å². The third-order valence-electron chi connectivity index (χ3n) is 6.85. The van der Waals surface area contributed by atoms with Gasteiger partial charge in [-0.2, -0.15) is 13.2 Å². The Hall–Kier alpha value is -1.93. The second kappa shape index (κ2) is 11.3. The fourth-order valence-corrected chi connectivity index (χ4v) is 4.77. The molecule has 2 fully saturated rings. The second-order valence-corrected chi connectivity index (χ2v) is 8.96. The highest BCUT2D eigenvalue weighted by Crippen LogP contribution is 2.33. The van der Waals surface area contributed by atoms with Gasteiger partial charge >= 0.3 is 6.18 Å². The van der Waals surface area contributed by atoms with Gasteiger partial charge in [-0.25, -0.2) is 0 Å². The van der Waals surface area contributed by atoms with Crippen LogP contribution < -0.4 is 4.90 Å². The average molecular weight is 454 g/mol. The molecular weight excluding hydrogens is 419 g/mol. The molecule has 1 aliphatic carbocycles. The second-order valence-electron chi connectivity index (χ2n) is 8.96. The molecule has 1 aromatic carbocycles. The van der Waals surface area contributed by atoms with Gasteiger partial charge < -0.3 is 15.0 Å². The molecule has 0 unspecified atom stereocenters. The van der Waals surface area contributed by atoms with Gasteiger partial charge in [-0.15, -0.1) is 0 Å². The van der Waals surface area contributed by atoms with Gasteiger partial charge in [0.05, 0.1) is 17.9 Å². The van der Waals surface area contributed by atoms with Crippen LogP contribution in [0.5, 0.6) is 0 Å². The molecule has 1 N–H and O–H groups in total. The summed E-state index contributed by atoms with van der Waals surface area (Å²) in [5.41, 5.74) is 0.313. The van der Waals surface area contributed by atoms with E-state index in [0.29, 0.717) is 24.6 Å². The first-order valence-electron chi connectivity index (χ1n) is 11.5. The number of alkyl halides is 3. The van der Waals surface area contributed by atoms with Crippen LogP contribution in [0.2, 0.25) is 0 Å². The molecule has 0 spiro atoms. The molecule has 32 heavy (non-hydrogen) atoms. The lowest BCUT2D eigenvalue weighted by Gasteiger charge is -2.37. The van der Waals surface area contributed by atoms with Gasteiger partial charge in [0, 0.05) is 51.3 Å². The molecule has 1 aliphatic heterocycles. The van der Waals surface area contributed by atoms with E-state index in [1.165, 1.54) is 12.1 Å². The predicted octanol–water partition coefficient (Wildman–Crippen LogP) is 4.65. The highest BCUT2D eigenvalue weighted by Gasteiger charge is 2.31. The number of anilines is 1. The number of ether oxygens (including phenoxy) is 1. The van der Waals surface area contributed by atoms with Gasteiger partial charge in [-0.1, -0.05) is 6.07 Å². The molecule has 8 heteroatoms. The lowest BCUT2D eigenvalue weighted by atomic mass is 9.77. The Morgan fingerprint density at radius 3 is 2.44 bits per heavy atom. The number of nitrogens with zero attached hydrogens (tertiary/aromatic N) is 2. The number of ketones is 1. The van der Waals surface area contributed by atoms with E-state index in [0.717, 1.165) is 70.9 Å². The van der Waals surface area contributed by atoms with Crippen molar-refractivity contribution in [3.05, 3.63) is 29.8 Å². The van der Waals surface area contributed by atoms with Crippen molar-refractivity contribution in [2.75, 3.05) is 51.3 Å². The maximum atomic E-state index is 13.0. The molecule has 0 aromatic heterocycles. The van der Waals surface area contributed by atoms with Gasteiger partial charge in [0.15, 0.2) is 5.78 Å². The predicted molar refractivity (Wildman–Crippen MR) is 119 cm³/mol. The van der Waals surface area contributed by atoms with E-state index < -0.39 is 11.7 Å². The molecule has 2 aliphatic rings. The summed E-state index contributed by atoms with van der Waals surface area (Å²) in [6.45, 7) is 4.53. The highest BCUT2D eigenvalue weighted by atomic mass is 19.4. The molecule has 3 rings (SSSR count). The lowest BCUT2D eigenvalue weighted by Crippen LogP contribution is -2.47. The van der Waals surface area contributed by atoms with Crippen molar-refractivity contribution < 1.29 is 22.7 Å². The topological polar surface area (TPSA) is 56.6 Å². The molecule has 1 saturated heterocycles. The number of halogens is 3. The normalized spacial score (nSPS) is 22.7. The number of carbonyl (C=O) groups excluding carboxylic acids is 1. The monoisotopic (exact) mass is 453 g/mol. The fourth-order valence-electron chi connectivity index (χ4n) is 4.77. The fraction of sp³-hybridized carbons (Fsp3) is 0.667. The number of methoxy groups -OCH3 is 1. The summed E-state index contributed by atoms with van der Waals surface area (Å²) in [4.78, 5) is 16.5. The van der Waals surface area contributed by atoms with E-state index in [2.05, 4.69) is 4.90 Å². The Morgan fingerprint density at radius 2 is 1.81 bits per heavy atom. The van der Waals surface area contributed by atoms with Crippen LogP contribution in [0.1, 0.15) is 44.1 Å². The number of nitrogens with one attached hydrogen (secondary N) is 1. The SMILES string of the molecule is COCCC(=O)C(=N)C1CCC(CCN2CCN(c3cccc(C(F)(F)F)c3)CC2)CC1. The number of hydrogen-bond donors (Lipinski definition) is 1. The van der Waals surface area contributed by atoms with Crippen LogP contribution in [-0.4, -0.2) is 62.8 Å². The van der Waals surface area contributed by atoms with Gasteiger partial charge in [-0.3, -0.25) is 9.69 Å². The Morgan fingerprint density at radius 1 is 1.12 bits per heavy atom. The summed E-state index contributed by atoms with van der Waals surface area (Å²) in [7, 11) is 1.56. The first-order valence-corrected chi connectivity index (χ1v) is 11.5. The van der Waals surface area contributed by atoms with Crippen molar-refractivity contribution in [2.45, 2.75) is 44.7 Å². The molecule has 1 saturated carbocycles. The third kappa shape index (κ3) is 6.78. The molecule has 0 radical (unpaired) electrons. The Balaban J connectivity index is 1.37. The van der Waals surface area contributed by atoms with Gasteiger partial charge in [0.1, 0.15) is 0 Å². The summed E-state index contributed by atoms with van der Waals surface area (Å²) in [5.74, 6) is 0.621. The zero-order valence-electron chi connectivity index (χ0n) is 18.8. The lowest BCUT2D eigenvalue weighted by molar-refractivity contribution is -0.137. The summed E-state index contributed by atoms with van der Waals surface area (Å²) in [6, 6.07) is 5.59. The first-order chi connectivity index (χ1) is 15.3. The summed E-state index contributed by atoms with van der Waals surface area (Å²) >= 11 is 0. The summed E-state index contributed by atoms with van der Waals surface area (Å²) in [6.07, 6.45) is 0.996. The maximum Gasteiger partial charge on any atom is 0.416 e. The van der Waals surface area contributed by atoms with Crippen LogP contribution in [0.4, 0.5) is 18.9 Å². The van der Waals surface area contributed by atoms with E-state index in [9.17, 15) is 18.0 Å². The van der Waals surface area contributed by atoms with Gasteiger partial charge in [0.2, 0.25) is 0 Å². The van der Waals surface area contributed by atoms with Crippen LogP contribution in [0.3, 0.4) is 0 Å². The molecule has 0 amide bonds.